The Labute approximate surface area is 177 Å². The highest BCUT2D eigenvalue weighted by molar-refractivity contribution is 5.93. The van der Waals surface area contributed by atoms with Crippen LogP contribution >= 0.6 is 0 Å². The number of para-hydroxylation sites is 2. The Morgan fingerprint density at radius 2 is 1.50 bits per heavy atom. The van der Waals surface area contributed by atoms with Crippen molar-refractivity contribution in [2.75, 3.05) is 5.32 Å². The van der Waals surface area contributed by atoms with Gasteiger partial charge in [-0.05, 0) is 49.6 Å². The first kappa shape index (κ1) is 19.6. The third-order valence-electron chi connectivity index (χ3n) is 5.31. The molecular weight excluding hydrogens is 370 g/mol. The fourth-order valence-corrected chi connectivity index (χ4v) is 3.72. The van der Waals surface area contributed by atoms with E-state index in [9.17, 15) is 4.79 Å². The highest BCUT2D eigenvalue weighted by Crippen LogP contribution is 2.22. The van der Waals surface area contributed by atoms with Crippen LogP contribution in [-0.2, 0) is 17.6 Å². The number of carbonyl (C=O) groups is 1. The van der Waals surface area contributed by atoms with Crippen molar-refractivity contribution >= 4 is 11.6 Å². The first-order valence-corrected chi connectivity index (χ1v) is 10.1. The number of aromatic nitrogens is 2. The van der Waals surface area contributed by atoms with Gasteiger partial charge in [-0.3, -0.25) is 4.79 Å². The highest BCUT2D eigenvalue weighted by atomic mass is 16.1. The Morgan fingerprint density at radius 3 is 2.23 bits per heavy atom. The monoisotopic (exact) mass is 395 g/mol. The summed E-state index contributed by atoms with van der Waals surface area (Å²) in [4.78, 5) is 12.9. The van der Waals surface area contributed by atoms with Crippen LogP contribution in [0.25, 0.3) is 5.69 Å². The number of benzene rings is 3. The van der Waals surface area contributed by atoms with E-state index in [1.54, 1.807) is 0 Å². The molecule has 4 aromatic rings. The molecule has 1 N–H and O–H groups in total. The minimum atomic E-state index is -0.0330. The number of hydrogen-bond donors (Lipinski definition) is 1. The summed E-state index contributed by atoms with van der Waals surface area (Å²) in [5.74, 6) is -0.0330. The van der Waals surface area contributed by atoms with E-state index in [4.69, 9.17) is 0 Å². The molecule has 0 saturated carbocycles. The summed E-state index contributed by atoms with van der Waals surface area (Å²) < 4.78 is 1.90. The molecule has 4 heteroatoms. The maximum atomic E-state index is 12.9. The van der Waals surface area contributed by atoms with E-state index in [0.29, 0.717) is 6.42 Å². The molecule has 0 aliphatic heterocycles. The van der Waals surface area contributed by atoms with Gasteiger partial charge in [0.15, 0.2) is 0 Å². The van der Waals surface area contributed by atoms with Crippen LogP contribution in [-0.4, -0.2) is 15.7 Å². The number of hydrogen-bond acceptors (Lipinski definition) is 2. The zero-order valence-electron chi connectivity index (χ0n) is 17.3. The van der Waals surface area contributed by atoms with Gasteiger partial charge in [-0.2, -0.15) is 5.10 Å². The molecule has 1 aromatic heterocycles. The minimum Gasteiger partial charge on any atom is -0.326 e. The summed E-state index contributed by atoms with van der Waals surface area (Å²) >= 11 is 0. The Morgan fingerprint density at radius 1 is 0.867 bits per heavy atom. The van der Waals surface area contributed by atoms with E-state index >= 15 is 0 Å². The predicted molar refractivity (Wildman–Crippen MR) is 121 cm³/mol. The molecule has 1 heterocycles. The van der Waals surface area contributed by atoms with E-state index in [1.807, 2.05) is 85.3 Å². The number of anilines is 1. The van der Waals surface area contributed by atoms with Crippen LogP contribution in [0.3, 0.4) is 0 Å². The van der Waals surface area contributed by atoms with Crippen molar-refractivity contribution in [3.63, 3.8) is 0 Å². The molecule has 0 aliphatic carbocycles. The lowest BCUT2D eigenvalue weighted by molar-refractivity contribution is -0.115. The molecule has 1 amide bonds. The summed E-state index contributed by atoms with van der Waals surface area (Å²) in [6.45, 7) is 3.97. The molecule has 4 rings (SSSR count). The SMILES string of the molecule is Cc1nn(-c2ccccc2)c(C)c1CC(=O)Nc1ccccc1Cc1ccccc1. The van der Waals surface area contributed by atoms with Gasteiger partial charge in [0.1, 0.15) is 0 Å². The fourth-order valence-electron chi connectivity index (χ4n) is 3.72. The van der Waals surface area contributed by atoms with Crippen LogP contribution in [0.1, 0.15) is 28.1 Å². The van der Waals surface area contributed by atoms with Gasteiger partial charge in [0, 0.05) is 16.9 Å². The average molecular weight is 396 g/mol. The highest BCUT2D eigenvalue weighted by Gasteiger charge is 2.16. The average Bonchev–Trinajstić information content (AvgIpc) is 3.05. The lowest BCUT2D eigenvalue weighted by Gasteiger charge is -2.12. The summed E-state index contributed by atoms with van der Waals surface area (Å²) in [5, 5.41) is 7.76. The maximum absolute atomic E-state index is 12.9. The Kier molecular flexibility index (Phi) is 5.75. The van der Waals surface area contributed by atoms with Gasteiger partial charge in [-0.1, -0.05) is 66.7 Å². The van der Waals surface area contributed by atoms with Gasteiger partial charge in [-0.15, -0.1) is 0 Å². The molecule has 4 nitrogen and oxygen atoms in total. The van der Waals surface area contributed by atoms with Crippen molar-refractivity contribution in [2.45, 2.75) is 26.7 Å². The lowest BCUT2D eigenvalue weighted by atomic mass is 10.0. The fraction of sp³-hybridized carbons (Fsp3) is 0.154. The molecule has 0 atom stereocenters. The summed E-state index contributed by atoms with van der Waals surface area (Å²) in [5.41, 5.74) is 7.02. The number of amides is 1. The van der Waals surface area contributed by atoms with Gasteiger partial charge in [0.05, 0.1) is 17.8 Å². The molecular formula is C26H25N3O. The molecule has 0 unspecified atom stereocenters. The van der Waals surface area contributed by atoms with Crippen LogP contribution in [0.2, 0.25) is 0 Å². The number of nitrogens with zero attached hydrogens (tertiary/aromatic N) is 2. The molecule has 0 spiro atoms. The van der Waals surface area contributed by atoms with Crippen LogP contribution in [0, 0.1) is 13.8 Å². The first-order chi connectivity index (χ1) is 14.6. The van der Waals surface area contributed by atoms with E-state index < -0.39 is 0 Å². The van der Waals surface area contributed by atoms with E-state index in [2.05, 4.69) is 28.6 Å². The minimum absolute atomic E-state index is 0.0330. The second-order valence-electron chi connectivity index (χ2n) is 7.44. The topological polar surface area (TPSA) is 46.9 Å². The number of aryl methyl sites for hydroxylation is 1. The molecule has 150 valence electrons. The van der Waals surface area contributed by atoms with Crippen molar-refractivity contribution in [1.82, 2.24) is 9.78 Å². The van der Waals surface area contributed by atoms with Gasteiger partial charge >= 0.3 is 0 Å². The first-order valence-electron chi connectivity index (χ1n) is 10.1. The number of rotatable bonds is 6. The van der Waals surface area contributed by atoms with Crippen LogP contribution in [0.4, 0.5) is 5.69 Å². The molecule has 0 radical (unpaired) electrons. The smallest absolute Gasteiger partial charge is 0.228 e. The maximum Gasteiger partial charge on any atom is 0.228 e. The third kappa shape index (κ3) is 4.33. The van der Waals surface area contributed by atoms with Crippen molar-refractivity contribution in [2.24, 2.45) is 0 Å². The normalized spacial score (nSPS) is 10.7. The molecule has 0 bridgehead atoms. The molecule has 30 heavy (non-hydrogen) atoms. The molecule has 0 aliphatic rings. The zero-order chi connectivity index (χ0) is 20.9. The summed E-state index contributed by atoms with van der Waals surface area (Å²) in [7, 11) is 0. The Bertz CT molecular complexity index is 1150. The van der Waals surface area contributed by atoms with Crippen molar-refractivity contribution in [3.05, 3.63) is 113 Å². The second-order valence-corrected chi connectivity index (χ2v) is 7.44. The van der Waals surface area contributed by atoms with Crippen LogP contribution in [0.5, 0.6) is 0 Å². The van der Waals surface area contributed by atoms with Crippen molar-refractivity contribution in [3.8, 4) is 5.69 Å². The van der Waals surface area contributed by atoms with Gasteiger partial charge in [0.2, 0.25) is 5.91 Å². The quantitative estimate of drug-likeness (QED) is 0.484. The standard InChI is InChI=1S/C26H25N3O/c1-19-24(20(2)29(28-19)23-14-7-4-8-15-23)18-26(30)27-25-16-10-9-13-22(25)17-21-11-5-3-6-12-21/h3-16H,17-18H2,1-2H3,(H,27,30). The second kappa shape index (κ2) is 8.78. The van der Waals surface area contributed by atoms with Gasteiger partial charge < -0.3 is 5.32 Å². The van der Waals surface area contributed by atoms with Gasteiger partial charge in [0.25, 0.3) is 0 Å². The van der Waals surface area contributed by atoms with Crippen molar-refractivity contribution < 1.29 is 4.79 Å². The number of carbonyl (C=O) groups excluding carboxylic acids is 1. The largest absolute Gasteiger partial charge is 0.326 e. The Balaban J connectivity index is 1.52. The predicted octanol–water partition coefficient (Wildman–Crippen LogP) is 5.26. The Hall–Kier alpha value is -3.66. The lowest BCUT2D eigenvalue weighted by Crippen LogP contribution is -2.16. The molecule has 0 saturated heterocycles. The summed E-state index contributed by atoms with van der Waals surface area (Å²) in [6.07, 6.45) is 1.07. The van der Waals surface area contributed by atoms with E-state index in [-0.39, 0.29) is 5.91 Å². The molecule has 3 aromatic carbocycles. The van der Waals surface area contributed by atoms with E-state index in [0.717, 1.165) is 40.3 Å². The third-order valence-corrected chi connectivity index (χ3v) is 5.31. The summed E-state index contributed by atoms with van der Waals surface area (Å²) in [6, 6.07) is 28.3. The van der Waals surface area contributed by atoms with Crippen LogP contribution in [0.15, 0.2) is 84.9 Å². The number of nitrogens with one attached hydrogen (secondary N) is 1. The van der Waals surface area contributed by atoms with Crippen LogP contribution < -0.4 is 5.32 Å². The molecule has 0 fully saturated rings. The van der Waals surface area contributed by atoms with Gasteiger partial charge in [-0.25, -0.2) is 4.68 Å². The zero-order valence-corrected chi connectivity index (χ0v) is 17.3. The van der Waals surface area contributed by atoms with E-state index in [1.165, 1.54) is 5.56 Å². The van der Waals surface area contributed by atoms with Crippen molar-refractivity contribution in [1.29, 1.82) is 0 Å².